The minimum Gasteiger partial charge on any atom is -0.302 e. The molecule has 4 heteroatoms. The third-order valence-corrected chi connectivity index (χ3v) is 4.51. The molecule has 0 unspecified atom stereocenters. The van der Waals surface area contributed by atoms with Crippen molar-refractivity contribution in [2.45, 2.75) is 20.3 Å². The molecule has 1 heterocycles. The van der Waals surface area contributed by atoms with Crippen molar-refractivity contribution in [1.29, 1.82) is 0 Å². The lowest BCUT2D eigenvalue weighted by atomic mass is 10.0. The maximum absolute atomic E-state index is 12.2. The van der Waals surface area contributed by atoms with Crippen molar-refractivity contribution < 1.29 is 4.79 Å². The standard InChI is InChI=1S/C19H18N2OS/c1-13-8-9-15(10-14(13)2)11-18(22)21-19-20-17(12-23-19)16-6-4-3-5-7-16/h3-10,12H,11H2,1-2H3,(H,20,21,22). The zero-order valence-corrected chi connectivity index (χ0v) is 14.0. The van der Waals surface area contributed by atoms with E-state index in [1.807, 2.05) is 41.8 Å². The van der Waals surface area contributed by atoms with Gasteiger partial charge in [0.15, 0.2) is 5.13 Å². The number of hydrogen-bond donors (Lipinski definition) is 1. The van der Waals surface area contributed by atoms with Crippen molar-refractivity contribution >= 4 is 22.4 Å². The predicted octanol–water partition coefficient (Wildman–Crippen LogP) is 4.61. The van der Waals surface area contributed by atoms with Crippen LogP contribution >= 0.6 is 11.3 Å². The number of nitrogens with one attached hydrogen (secondary N) is 1. The van der Waals surface area contributed by atoms with Crippen LogP contribution in [-0.4, -0.2) is 10.9 Å². The van der Waals surface area contributed by atoms with Crippen molar-refractivity contribution in [3.8, 4) is 11.3 Å². The molecule has 0 atom stereocenters. The fourth-order valence-corrected chi connectivity index (χ4v) is 3.07. The van der Waals surface area contributed by atoms with E-state index in [0.717, 1.165) is 16.8 Å². The average molecular weight is 322 g/mol. The first-order valence-corrected chi connectivity index (χ1v) is 8.37. The Kier molecular flexibility index (Phi) is 4.53. The van der Waals surface area contributed by atoms with E-state index in [1.54, 1.807) is 0 Å². The largest absolute Gasteiger partial charge is 0.302 e. The first-order valence-electron chi connectivity index (χ1n) is 7.49. The van der Waals surface area contributed by atoms with Crippen LogP contribution < -0.4 is 5.32 Å². The van der Waals surface area contributed by atoms with Crippen LogP contribution in [0.25, 0.3) is 11.3 Å². The highest BCUT2D eigenvalue weighted by Gasteiger charge is 2.09. The Hall–Kier alpha value is -2.46. The minimum absolute atomic E-state index is 0.0396. The number of amides is 1. The van der Waals surface area contributed by atoms with Gasteiger partial charge >= 0.3 is 0 Å². The Labute approximate surface area is 140 Å². The van der Waals surface area contributed by atoms with Gasteiger partial charge in [-0.3, -0.25) is 4.79 Å². The molecule has 2 aromatic carbocycles. The summed E-state index contributed by atoms with van der Waals surface area (Å²) in [5.74, 6) is -0.0396. The maximum Gasteiger partial charge on any atom is 0.230 e. The highest BCUT2D eigenvalue weighted by Crippen LogP contribution is 2.24. The van der Waals surface area contributed by atoms with Crippen molar-refractivity contribution in [2.75, 3.05) is 5.32 Å². The third-order valence-electron chi connectivity index (χ3n) is 3.76. The van der Waals surface area contributed by atoms with E-state index in [1.165, 1.54) is 22.5 Å². The van der Waals surface area contributed by atoms with Gasteiger partial charge in [0.1, 0.15) is 0 Å². The molecule has 23 heavy (non-hydrogen) atoms. The van der Waals surface area contributed by atoms with E-state index < -0.39 is 0 Å². The van der Waals surface area contributed by atoms with Gasteiger partial charge in [-0.25, -0.2) is 4.98 Å². The van der Waals surface area contributed by atoms with Gasteiger partial charge in [-0.15, -0.1) is 11.3 Å². The van der Waals surface area contributed by atoms with E-state index in [2.05, 4.69) is 36.3 Å². The number of hydrogen-bond acceptors (Lipinski definition) is 3. The van der Waals surface area contributed by atoms with E-state index in [-0.39, 0.29) is 5.91 Å². The van der Waals surface area contributed by atoms with Gasteiger partial charge < -0.3 is 5.32 Å². The number of rotatable bonds is 4. The second kappa shape index (κ2) is 6.75. The van der Waals surface area contributed by atoms with Crippen LogP contribution in [0.5, 0.6) is 0 Å². The molecule has 0 saturated heterocycles. The summed E-state index contributed by atoms with van der Waals surface area (Å²) in [5, 5.41) is 5.48. The van der Waals surface area contributed by atoms with Gasteiger partial charge in [-0.1, -0.05) is 48.5 Å². The first-order chi connectivity index (χ1) is 11.1. The summed E-state index contributed by atoms with van der Waals surface area (Å²) < 4.78 is 0. The molecule has 0 fully saturated rings. The lowest BCUT2D eigenvalue weighted by Crippen LogP contribution is -2.14. The van der Waals surface area contributed by atoms with Crippen LogP contribution in [0.15, 0.2) is 53.9 Å². The lowest BCUT2D eigenvalue weighted by Gasteiger charge is -2.05. The van der Waals surface area contributed by atoms with Crippen LogP contribution in [0.4, 0.5) is 5.13 Å². The average Bonchev–Trinajstić information content (AvgIpc) is 3.00. The number of carbonyl (C=O) groups excluding carboxylic acids is 1. The Morgan fingerprint density at radius 3 is 2.61 bits per heavy atom. The molecule has 0 saturated carbocycles. The number of aromatic nitrogens is 1. The van der Waals surface area contributed by atoms with Crippen LogP contribution in [0, 0.1) is 13.8 Å². The molecule has 0 spiro atoms. The lowest BCUT2D eigenvalue weighted by molar-refractivity contribution is -0.115. The molecule has 3 aromatic rings. The Morgan fingerprint density at radius 2 is 1.87 bits per heavy atom. The van der Waals surface area contributed by atoms with Gasteiger partial charge in [0.2, 0.25) is 5.91 Å². The highest BCUT2D eigenvalue weighted by atomic mass is 32.1. The van der Waals surface area contributed by atoms with Crippen molar-refractivity contribution in [1.82, 2.24) is 4.98 Å². The maximum atomic E-state index is 12.2. The van der Waals surface area contributed by atoms with E-state index in [0.29, 0.717) is 11.6 Å². The van der Waals surface area contributed by atoms with Gasteiger partial charge in [-0.05, 0) is 30.5 Å². The zero-order chi connectivity index (χ0) is 16.2. The number of nitrogens with zero attached hydrogens (tertiary/aromatic N) is 1. The third kappa shape index (κ3) is 3.85. The molecule has 3 rings (SSSR count). The summed E-state index contributed by atoms with van der Waals surface area (Å²) in [6, 6.07) is 16.1. The molecule has 0 aliphatic rings. The van der Waals surface area contributed by atoms with E-state index in [9.17, 15) is 4.79 Å². The fourth-order valence-electron chi connectivity index (χ4n) is 2.33. The Morgan fingerprint density at radius 1 is 1.09 bits per heavy atom. The number of benzene rings is 2. The molecule has 0 radical (unpaired) electrons. The molecule has 0 bridgehead atoms. The van der Waals surface area contributed by atoms with Crippen LogP contribution in [0.2, 0.25) is 0 Å². The van der Waals surface area contributed by atoms with Crippen LogP contribution in [-0.2, 0) is 11.2 Å². The summed E-state index contributed by atoms with van der Waals surface area (Å²) in [4.78, 5) is 16.7. The molecular weight excluding hydrogens is 304 g/mol. The summed E-state index contributed by atoms with van der Waals surface area (Å²) in [5.41, 5.74) is 5.40. The topological polar surface area (TPSA) is 42.0 Å². The molecule has 1 amide bonds. The Balaban J connectivity index is 1.66. The summed E-state index contributed by atoms with van der Waals surface area (Å²) >= 11 is 1.45. The SMILES string of the molecule is Cc1ccc(CC(=O)Nc2nc(-c3ccccc3)cs2)cc1C. The number of aryl methyl sites for hydroxylation is 2. The normalized spacial score (nSPS) is 10.5. The summed E-state index contributed by atoms with van der Waals surface area (Å²) in [7, 11) is 0. The molecule has 116 valence electrons. The van der Waals surface area contributed by atoms with Crippen molar-refractivity contribution in [2.24, 2.45) is 0 Å². The molecule has 1 N–H and O–H groups in total. The second-order valence-corrected chi connectivity index (χ2v) is 6.41. The molecule has 1 aromatic heterocycles. The Bertz CT molecular complexity index is 824. The second-order valence-electron chi connectivity index (χ2n) is 5.55. The molecule has 0 aliphatic heterocycles. The molecule has 3 nitrogen and oxygen atoms in total. The van der Waals surface area contributed by atoms with Crippen LogP contribution in [0.3, 0.4) is 0 Å². The minimum atomic E-state index is -0.0396. The predicted molar refractivity (Wildman–Crippen MR) is 95.8 cm³/mol. The summed E-state index contributed by atoms with van der Waals surface area (Å²) in [6.07, 6.45) is 0.362. The quantitative estimate of drug-likeness (QED) is 0.762. The number of thiazole rings is 1. The van der Waals surface area contributed by atoms with E-state index >= 15 is 0 Å². The van der Waals surface area contributed by atoms with Crippen molar-refractivity contribution in [3.63, 3.8) is 0 Å². The van der Waals surface area contributed by atoms with Crippen LogP contribution in [0.1, 0.15) is 16.7 Å². The van der Waals surface area contributed by atoms with Gasteiger partial charge in [0.25, 0.3) is 0 Å². The van der Waals surface area contributed by atoms with Crippen molar-refractivity contribution in [3.05, 3.63) is 70.6 Å². The van der Waals surface area contributed by atoms with Gasteiger partial charge in [0, 0.05) is 10.9 Å². The molecule has 0 aliphatic carbocycles. The first kappa shape index (κ1) is 15.4. The monoisotopic (exact) mass is 322 g/mol. The van der Waals surface area contributed by atoms with Gasteiger partial charge in [-0.2, -0.15) is 0 Å². The van der Waals surface area contributed by atoms with Gasteiger partial charge in [0.05, 0.1) is 12.1 Å². The highest BCUT2D eigenvalue weighted by molar-refractivity contribution is 7.14. The fraction of sp³-hybridized carbons (Fsp3) is 0.158. The number of carbonyl (C=O) groups is 1. The van der Waals surface area contributed by atoms with E-state index in [4.69, 9.17) is 0 Å². The number of anilines is 1. The zero-order valence-electron chi connectivity index (χ0n) is 13.2. The smallest absolute Gasteiger partial charge is 0.230 e. The molecular formula is C19H18N2OS. The summed E-state index contributed by atoms with van der Waals surface area (Å²) in [6.45, 7) is 4.13.